The van der Waals surface area contributed by atoms with E-state index >= 15 is 0 Å². The summed E-state index contributed by atoms with van der Waals surface area (Å²) in [6.45, 7) is 9.59. The van der Waals surface area contributed by atoms with E-state index in [0.29, 0.717) is 32.8 Å². The maximum Gasteiger partial charge on any atom is 0.320 e. The first-order valence-electron chi connectivity index (χ1n) is 14.4. The van der Waals surface area contributed by atoms with Gasteiger partial charge >= 0.3 is 6.03 Å². The van der Waals surface area contributed by atoms with Crippen LogP contribution >= 0.6 is 11.3 Å². The van der Waals surface area contributed by atoms with Gasteiger partial charge in [0, 0.05) is 74.9 Å². The van der Waals surface area contributed by atoms with Gasteiger partial charge in [0.25, 0.3) is 0 Å². The van der Waals surface area contributed by atoms with Gasteiger partial charge in [-0.05, 0) is 57.0 Å². The van der Waals surface area contributed by atoms with Crippen molar-refractivity contribution in [3.8, 4) is 16.3 Å². The molecule has 0 radical (unpaired) electrons. The van der Waals surface area contributed by atoms with Gasteiger partial charge in [-0.15, -0.1) is 11.3 Å². The highest BCUT2D eigenvalue weighted by Gasteiger charge is 2.41. The van der Waals surface area contributed by atoms with E-state index in [9.17, 15) is 4.79 Å². The van der Waals surface area contributed by atoms with E-state index in [1.807, 2.05) is 9.80 Å². The van der Waals surface area contributed by atoms with Crippen LogP contribution in [0.5, 0.6) is 5.75 Å². The largest absolute Gasteiger partial charge is 0.494 e. The molecule has 6 rings (SSSR count). The van der Waals surface area contributed by atoms with Gasteiger partial charge in [0.15, 0.2) is 5.79 Å². The fraction of sp³-hybridized carbons (Fsp3) is 0.655. The number of rotatable bonds is 6. The smallest absolute Gasteiger partial charge is 0.320 e. The van der Waals surface area contributed by atoms with Crippen LogP contribution in [0.1, 0.15) is 49.6 Å². The molecule has 0 saturated carbocycles. The van der Waals surface area contributed by atoms with Gasteiger partial charge in [-0.2, -0.15) is 0 Å². The van der Waals surface area contributed by atoms with Crippen LogP contribution in [0, 0.1) is 0 Å². The molecule has 4 aliphatic rings. The molecule has 4 aliphatic heterocycles. The molecular weight excluding hydrogens is 500 g/mol. The number of amides is 2. The number of aromatic nitrogens is 1. The van der Waals surface area contributed by atoms with E-state index in [4.69, 9.17) is 19.2 Å². The quantitative estimate of drug-likeness (QED) is 0.506. The van der Waals surface area contributed by atoms with E-state index in [2.05, 4.69) is 36.1 Å². The molecule has 1 unspecified atom stereocenters. The Bertz CT molecular complexity index is 1060. The average Bonchev–Trinajstić information content (AvgIpc) is 3.65. The minimum Gasteiger partial charge on any atom is -0.494 e. The molecule has 0 N–H and O–H groups in total. The van der Waals surface area contributed by atoms with Crippen LogP contribution in [0.15, 0.2) is 24.3 Å². The monoisotopic (exact) mass is 540 g/mol. The maximum atomic E-state index is 13.2. The second kappa shape index (κ2) is 11.5. The van der Waals surface area contributed by atoms with Crippen molar-refractivity contribution in [1.29, 1.82) is 0 Å². The van der Waals surface area contributed by atoms with E-state index in [0.717, 1.165) is 79.9 Å². The molecule has 2 aromatic rings. The number of ether oxygens (including phenoxy) is 3. The topological polar surface area (TPSA) is 67.4 Å². The predicted octanol–water partition coefficient (Wildman–Crippen LogP) is 4.42. The first-order valence-corrected chi connectivity index (χ1v) is 15.2. The predicted molar refractivity (Wildman–Crippen MR) is 148 cm³/mol. The lowest BCUT2D eigenvalue weighted by Gasteiger charge is -2.39. The fourth-order valence-corrected chi connectivity index (χ4v) is 7.28. The Kier molecular flexibility index (Phi) is 7.88. The van der Waals surface area contributed by atoms with Crippen molar-refractivity contribution in [2.75, 3.05) is 59.1 Å². The van der Waals surface area contributed by atoms with Crippen LogP contribution in [0.3, 0.4) is 0 Å². The molecule has 38 heavy (non-hydrogen) atoms. The average molecular weight is 541 g/mol. The number of carbonyl (C=O) groups excluding carboxylic acids is 1. The fourth-order valence-electron chi connectivity index (χ4n) is 6.18. The van der Waals surface area contributed by atoms with E-state index in [-0.39, 0.29) is 6.03 Å². The Morgan fingerprint density at radius 2 is 1.79 bits per heavy atom. The SMILES string of the molecule is CC1CCCN1CCCOc1ccc(-c2nc3c(s2)CCN(C(=O)N2CCC4(CC2)OCCO4)CC3)cc1. The van der Waals surface area contributed by atoms with Crippen molar-refractivity contribution in [3.63, 3.8) is 0 Å². The van der Waals surface area contributed by atoms with Gasteiger partial charge in [0.05, 0.1) is 25.5 Å². The number of thiazole rings is 1. The second-order valence-electron chi connectivity index (χ2n) is 11.0. The number of benzene rings is 1. The Balaban J connectivity index is 0.981. The highest BCUT2D eigenvalue weighted by atomic mass is 32.1. The summed E-state index contributed by atoms with van der Waals surface area (Å²) in [6.07, 6.45) is 6.89. The maximum absolute atomic E-state index is 13.2. The summed E-state index contributed by atoms with van der Waals surface area (Å²) in [5, 5.41) is 1.06. The zero-order valence-electron chi connectivity index (χ0n) is 22.5. The van der Waals surface area contributed by atoms with E-state index < -0.39 is 5.79 Å². The molecule has 206 valence electrons. The molecule has 5 heterocycles. The van der Waals surface area contributed by atoms with E-state index in [1.54, 1.807) is 11.3 Å². The number of hydrogen-bond acceptors (Lipinski definition) is 7. The summed E-state index contributed by atoms with van der Waals surface area (Å²) < 4.78 is 17.6. The van der Waals surface area contributed by atoms with Crippen molar-refractivity contribution in [3.05, 3.63) is 34.8 Å². The Labute approximate surface area is 229 Å². The number of hydrogen-bond donors (Lipinski definition) is 0. The zero-order valence-corrected chi connectivity index (χ0v) is 23.3. The minimum absolute atomic E-state index is 0.138. The van der Waals surface area contributed by atoms with Crippen LogP contribution in [0.25, 0.3) is 10.6 Å². The van der Waals surface area contributed by atoms with Gasteiger partial charge < -0.3 is 28.9 Å². The highest BCUT2D eigenvalue weighted by Crippen LogP contribution is 2.33. The summed E-state index contributed by atoms with van der Waals surface area (Å²) in [6, 6.07) is 9.21. The lowest BCUT2D eigenvalue weighted by molar-refractivity contribution is -0.181. The first-order chi connectivity index (χ1) is 18.6. The summed E-state index contributed by atoms with van der Waals surface area (Å²) >= 11 is 1.76. The third-order valence-corrected chi connectivity index (χ3v) is 9.74. The van der Waals surface area contributed by atoms with Crippen molar-refractivity contribution in [2.45, 2.75) is 63.7 Å². The molecule has 1 atom stereocenters. The number of nitrogens with zero attached hydrogens (tertiary/aromatic N) is 4. The standard InChI is InChI=1S/C29H40N4O4S/c1-22-4-2-13-31(22)14-3-19-35-24-7-5-23(6-8-24)27-30-25-9-15-32(16-10-26(25)38-27)28(34)33-17-11-29(12-18-33)36-20-21-37-29/h5-8,22H,2-4,9-21H2,1H3. The highest BCUT2D eigenvalue weighted by molar-refractivity contribution is 7.15. The summed E-state index contributed by atoms with van der Waals surface area (Å²) in [5.41, 5.74) is 2.27. The number of urea groups is 1. The molecule has 2 amide bonds. The Morgan fingerprint density at radius 1 is 1.05 bits per heavy atom. The Hall–Kier alpha value is -2.20. The number of likely N-dealkylation sites (tertiary alicyclic amines) is 2. The van der Waals surface area contributed by atoms with Crippen LogP contribution in [0.2, 0.25) is 0 Å². The molecule has 1 spiro atoms. The molecule has 0 bridgehead atoms. The zero-order chi connectivity index (χ0) is 26.0. The van der Waals surface area contributed by atoms with Gasteiger partial charge in [-0.3, -0.25) is 0 Å². The van der Waals surface area contributed by atoms with Crippen LogP contribution in [-0.2, 0) is 22.3 Å². The lowest BCUT2D eigenvalue weighted by Crippen LogP contribution is -2.51. The van der Waals surface area contributed by atoms with Crippen molar-refractivity contribution < 1.29 is 19.0 Å². The van der Waals surface area contributed by atoms with Gasteiger partial charge in [-0.25, -0.2) is 9.78 Å². The molecule has 1 aromatic carbocycles. The van der Waals surface area contributed by atoms with Gasteiger partial charge in [-0.1, -0.05) is 0 Å². The van der Waals surface area contributed by atoms with Crippen LogP contribution < -0.4 is 4.74 Å². The second-order valence-corrected chi connectivity index (χ2v) is 12.1. The molecule has 3 fully saturated rings. The number of carbonyl (C=O) groups is 1. The van der Waals surface area contributed by atoms with Crippen molar-refractivity contribution in [1.82, 2.24) is 19.7 Å². The van der Waals surface area contributed by atoms with Gasteiger partial charge in [0.2, 0.25) is 0 Å². The number of fused-ring (bicyclic) bond motifs is 1. The molecule has 9 heteroatoms. The molecule has 1 aromatic heterocycles. The normalized spacial score (nSPS) is 23.6. The van der Waals surface area contributed by atoms with Crippen LogP contribution in [0.4, 0.5) is 4.79 Å². The Morgan fingerprint density at radius 3 is 2.53 bits per heavy atom. The number of piperidine rings is 1. The van der Waals surface area contributed by atoms with Gasteiger partial charge in [0.1, 0.15) is 10.8 Å². The van der Waals surface area contributed by atoms with E-state index in [1.165, 1.54) is 24.3 Å². The van der Waals surface area contributed by atoms with Crippen LogP contribution in [-0.4, -0.2) is 96.6 Å². The molecule has 0 aliphatic carbocycles. The summed E-state index contributed by atoms with van der Waals surface area (Å²) in [7, 11) is 0. The lowest BCUT2D eigenvalue weighted by atomic mass is 10.0. The third-order valence-electron chi connectivity index (χ3n) is 8.54. The minimum atomic E-state index is -0.448. The van der Waals surface area contributed by atoms with Crippen molar-refractivity contribution >= 4 is 17.4 Å². The van der Waals surface area contributed by atoms with Crippen molar-refractivity contribution in [2.24, 2.45) is 0 Å². The molecular formula is C29H40N4O4S. The summed E-state index contributed by atoms with van der Waals surface area (Å²) in [5.74, 6) is 0.474. The first kappa shape index (κ1) is 26.0. The molecule has 3 saturated heterocycles. The third kappa shape index (κ3) is 5.71. The molecule has 8 nitrogen and oxygen atoms in total. The summed E-state index contributed by atoms with van der Waals surface area (Å²) in [4.78, 5) is 26.0.